The molecule has 0 saturated carbocycles. The number of methoxy groups -OCH3 is 1. The van der Waals surface area contributed by atoms with Gasteiger partial charge in [0, 0.05) is 13.5 Å². The van der Waals surface area contributed by atoms with Crippen LogP contribution in [0, 0.1) is 0 Å². The summed E-state index contributed by atoms with van der Waals surface area (Å²) >= 11 is 0. The normalized spacial score (nSPS) is 17.6. The van der Waals surface area contributed by atoms with E-state index in [1.54, 1.807) is 0 Å². The van der Waals surface area contributed by atoms with E-state index in [2.05, 4.69) is 4.74 Å². The number of alkyl halides is 6. The van der Waals surface area contributed by atoms with Gasteiger partial charge in [-0.15, -0.1) is 0 Å². The first kappa shape index (κ1) is 14.5. The molecule has 0 aliphatic rings. The van der Waals surface area contributed by atoms with Crippen LogP contribution < -0.4 is 0 Å². The molecule has 92 valence electrons. The Balaban J connectivity index is 4.40. The Bertz CT molecular complexity index is 203. The van der Waals surface area contributed by atoms with Crippen LogP contribution in [0.4, 0.5) is 26.3 Å². The first-order valence-corrected chi connectivity index (χ1v) is 4.14. The SMILES string of the molecule is COC(F)(F)C(C)(F)CCC(F)(F)CF. The van der Waals surface area contributed by atoms with E-state index in [9.17, 15) is 26.3 Å². The molecular formula is C8H12F6O. The molecule has 0 amide bonds. The number of rotatable bonds is 6. The van der Waals surface area contributed by atoms with Crippen LogP contribution in [0.25, 0.3) is 0 Å². The van der Waals surface area contributed by atoms with Crippen LogP contribution in [0.3, 0.4) is 0 Å². The van der Waals surface area contributed by atoms with Crippen molar-refractivity contribution in [3.8, 4) is 0 Å². The Hall–Kier alpha value is -0.460. The summed E-state index contributed by atoms with van der Waals surface area (Å²) in [4.78, 5) is 0. The Morgan fingerprint density at radius 2 is 1.47 bits per heavy atom. The summed E-state index contributed by atoms with van der Waals surface area (Å²) < 4.78 is 78.4. The summed E-state index contributed by atoms with van der Waals surface area (Å²) in [6, 6.07) is 0. The van der Waals surface area contributed by atoms with Gasteiger partial charge in [-0.3, -0.25) is 0 Å². The van der Waals surface area contributed by atoms with E-state index < -0.39 is 37.2 Å². The third-order valence-corrected chi connectivity index (χ3v) is 2.02. The van der Waals surface area contributed by atoms with E-state index in [1.165, 1.54) is 0 Å². The van der Waals surface area contributed by atoms with Crippen LogP contribution in [0.1, 0.15) is 19.8 Å². The van der Waals surface area contributed by atoms with Gasteiger partial charge in [0.05, 0.1) is 0 Å². The molecule has 0 radical (unpaired) electrons. The van der Waals surface area contributed by atoms with Crippen molar-refractivity contribution in [3.63, 3.8) is 0 Å². The van der Waals surface area contributed by atoms with Gasteiger partial charge in [0.25, 0.3) is 5.92 Å². The average Bonchev–Trinajstić information content (AvgIpc) is 2.15. The van der Waals surface area contributed by atoms with Crippen LogP contribution >= 0.6 is 0 Å². The number of hydrogen-bond acceptors (Lipinski definition) is 1. The number of hydrogen-bond donors (Lipinski definition) is 0. The zero-order chi connectivity index (χ0) is 12.3. The molecule has 0 heterocycles. The molecule has 0 bridgehead atoms. The van der Waals surface area contributed by atoms with Gasteiger partial charge in [0.15, 0.2) is 12.3 Å². The van der Waals surface area contributed by atoms with Crippen molar-refractivity contribution in [2.24, 2.45) is 0 Å². The summed E-state index contributed by atoms with van der Waals surface area (Å²) in [6.07, 6.45) is -6.65. The lowest BCUT2D eigenvalue weighted by Crippen LogP contribution is -2.44. The third-order valence-electron chi connectivity index (χ3n) is 2.02. The first-order chi connectivity index (χ1) is 6.58. The van der Waals surface area contributed by atoms with Gasteiger partial charge in [-0.25, -0.2) is 17.6 Å². The lowest BCUT2D eigenvalue weighted by Gasteiger charge is -2.29. The molecule has 0 aromatic carbocycles. The maximum Gasteiger partial charge on any atom is 0.389 e. The van der Waals surface area contributed by atoms with Crippen molar-refractivity contribution >= 4 is 0 Å². The van der Waals surface area contributed by atoms with Gasteiger partial charge in [0.1, 0.15) is 0 Å². The average molecular weight is 238 g/mol. The minimum absolute atomic E-state index is 0.435. The molecule has 1 unspecified atom stereocenters. The van der Waals surface area contributed by atoms with E-state index in [1.807, 2.05) is 0 Å². The fourth-order valence-corrected chi connectivity index (χ4v) is 0.843. The minimum Gasteiger partial charge on any atom is -0.321 e. The van der Waals surface area contributed by atoms with Crippen molar-refractivity contribution in [2.75, 3.05) is 13.8 Å². The predicted octanol–water partition coefficient (Wildman–Crippen LogP) is 3.34. The van der Waals surface area contributed by atoms with Crippen molar-refractivity contribution in [2.45, 2.75) is 37.5 Å². The fraction of sp³-hybridized carbons (Fsp3) is 1.00. The zero-order valence-electron chi connectivity index (χ0n) is 8.30. The molecule has 0 aromatic rings. The van der Waals surface area contributed by atoms with E-state index in [4.69, 9.17) is 0 Å². The van der Waals surface area contributed by atoms with Gasteiger partial charge in [0.2, 0.25) is 0 Å². The lowest BCUT2D eigenvalue weighted by atomic mass is 9.98. The molecule has 0 saturated heterocycles. The smallest absolute Gasteiger partial charge is 0.321 e. The number of ether oxygens (including phenoxy) is 1. The number of halogens is 6. The van der Waals surface area contributed by atoms with Crippen LogP contribution in [0.2, 0.25) is 0 Å². The van der Waals surface area contributed by atoms with Crippen LogP contribution in [0.15, 0.2) is 0 Å². The first-order valence-electron chi connectivity index (χ1n) is 4.14. The molecule has 0 fully saturated rings. The van der Waals surface area contributed by atoms with Crippen molar-refractivity contribution in [1.82, 2.24) is 0 Å². The highest BCUT2D eigenvalue weighted by Crippen LogP contribution is 2.38. The van der Waals surface area contributed by atoms with E-state index in [0.29, 0.717) is 14.0 Å². The maximum atomic E-state index is 13.2. The van der Waals surface area contributed by atoms with Crippen molar-refractivity contribution in [1.29, 1.82) is 0 Å². The summed E-state index contributed by atoms with van der Waals surface area (Å²) in [6.45, 7) is -1.56. The largest absolute Gasteiger partial charge is 0.389 e. The highest BCUT2D eigenvalue weighted by atomic mass is 19.3. The Labute approximate surface area is 83.4 Å². The molecular weight excluding hydrogens is 226 g/mol. The molecule has 15 heavy (non-hydrogen) atoms. The molecule has 0 N–H and O–H groups in total. The monoisotopic (exact) mass is 238 g/mol. The van der Waals surface area contributed by atoms with Gasteiger partial charge >= 0.3 is 6.11 Å². The van der Waals surface area contributed by atoms with E-state index in [0.717, 1.165) is 0 Å². The predicted molar refractivity (Wildman–Crippen MR) is 41.6 cm³/mol. The van der Waals surface area contributed by atoms with E-state index in [-0.39, 0.29) is 0 Å². The van der Waals surface area contributed by atoms with Gasteiger partial charge in [-0.2, -0.15) is 8.78 Å². The van der Waals surface area contributed by atoms with Crippen LogP contribution in [-0.2, 0) is 4.74 Å². The van der Waals surface area contributed by atoms with Gasteiger partial charge in [-0.05, 0) is 13.3 Å². The van der Waals surface area contributed by atoms with Gasteiger partial charge in [-0.1, -0.05) is 0 Å². The molecule has 1 atom stereocenters. The summed E-state index contributed by atoms with van der Waals surface area (Å²) in [5, 5.41) is 0. The maximum absolute atomic E-state index is 13.2. The van der Waals surface area contributed by atoms with Crippen molar-refractivity contribution in [3.05, 3.63) is 0 Å². The summed E-state index contributed by atoms with van der Waals surface area (Å²) in [5.74, 6) is -3.78. The second kappa shape index (κ2) is 4.59. The topological polar surface area (TPSA) is 9.23 Å². The van der Waals surface area contributed by atoms with Crippen LogP contribution in [0.5, 0.6) is 0 Å². The second-order valence-corrected chi connectivity index (χ2v) is 3.41. The summed E-state index contributed by atoms with van der Waals surface area (Å²) in [5.41, 5.74) is -3.25. The third kappa shape index (κ3) is 3.89. The van der Waals surface area contributed by atoms with E-state index >= 15 is 0 Å². The van der Waals surface area contributed by atoms with Crippen LogP contribution in [-0.4, -0.2) is 31.5 Å². The Kier molecular flexibility index (Phi) is 4.45. The summed E-state index contributed by atoms with van der Waals surface area (Å²) in [7, 11) is 0.561. The molecule has 0 rings (SSSR count). The lowest BCUT2D eigenvalue weighted by molar-refractivity contribution is -0.296. The second-order valence-electron chi connectivity index (χ2n) is 3.41. The zero-order valence-corrected chi connectivity index (χ0v) is 8.30. The quantitative estimate of drug-likeness (QED) is 0.645. The van der Waals surface area contributed by atoms with Gasteiger partial charge < -0.3 is 4.74 Å². The molecule has 1 nitrogen and oxygen atoms in total. The Morgan fingerprint density at radius 1 is 1.00 bits per heavy atom. The highest BCUT2D eigenvalue weighted by molar-refractivity contribution is 4.85. The van der Waals surface area contributed by atoms with Crippen molar-refractivity contribution < 1.29 is 31.1 Å². The molecule has 0 aliphatic carbocycles. The molecule has 0 aliphatic heterocycles. The molecule has 7 heteroatoms. The molecule has 0 spiro atoms. The fourth-order valence-electron chi connectivity index (χ4n) is 0.843. The Morgan fingerprint density at radius 3 is 1.80 bits per heavy atom. The highest BCUT2D eigenvalue weighted by Gasteiger charge is 2.52. The standard InChI is InChI=1S/C8H12F6O/c1-6(10,8(13,14)15-2)3-4-7(11,12)5-9/h3-5H2,1-2H3. The molecule has 0 aromatic heterocycles. The minimum atomic E-state index is -4.17.